The minimum absolute atomic E-state index is 0.268. The number of nitrogens with one attached hydrogen (secondary N) is 1. The molecular formula is C20H30F3N3O3. The molecule has 1 aliphatic heterocycles. The molecule has 9 heteroatoms. The molecule has 0 unspecified atom stereocenters. The number of ether oxygens (including phenoxy) is 3. The van der Waals surface area contributed by atoms with E-state index < -0.39 is 11.7 Å². The third-order valence-electron chi connectivity index (χ3n) is 4.64. The van der Waals surface area contributed by atoms with Crippen molar-refractivity contribution < 1.29 is 27.4 Å². The van der Waals surface area contributed by atoms with E-state index in [9.17, 15) is 13.2 Å². The Morgan fingerprint density at radius 3 is 2.41 bits per heavy atom. The normalized spacial score (nSPS) is 16.2. The lowest BCUT2D eigenvalue weighted by Crippen LogP contribution is -2.47. The molecule has 0 aliphatic carbocycles. The molecular weight excluding hydrogens is 387 g/mol. The average molecular weight is 417 g/mol. The van der Waals surface area contributed by atoms with E-state index >= 15 is 0 Å². The Morgan fingerprint density at radius 2 is 1.83 bits per heavy atom. The maximum absolute atomic E-state index is 12.6. The molecule has 1 aliphatic rings. The van der Waals surface area contributed by atoms with Crippen LogP contribution in [0.1, 0.15) is 24.8 Å². The van der Waals surface area contributed by atoms with E-state index in [0.29, 0.717) is 32.1 Å². The standard InChI is InChI=1S/C20H30F3N3O3/c1-24-19(26-11-8-18(9-12-26)28-14-3-13-27-2)25-10-15-29-17-6-4-16(5-7-17)20(21,22)23/h4-7,18H,3,8-15H2,1-2H3,(H,24,25). The molecule has 0 amide bonds. The smallest absolute Gasteiger partial charge is 0.416 e. The monoisotopic (exact) mass is 417 g/mol. The van der Waals surface area contributed by atoms with Crippen LogP contribution in [0.5, 0.6) is 5.75 Å². The predicted molar refractivity (Wildman–Crippen MR) is 105 cm³/mol. The summed E-state index contributed by atoms with van der Waals surface area (Å²) in [6.45, 7) is 3.96. The number of likely N-dealkylation sites (tertiary alicyclic amines) is 1. The van der Waals surface area contributed by atoms with Gasteiger partial charge >= 0.3 is 6.18 Å². The van der Waals surface area contributed by atoms with Gasteiger partial charge < -0.3 is 24.4 Å². The second-order valence-corrected chi connectivity index (χ2v) is 6.75. The molecule has 0 aromatic heterocycles. The Morgan fingerprint density at radius 1 is 1.14 bits per heavy atom. The van der Waals surface area contributed by atoms with Crippen LogP contribution in [0, 0.1) is 0 Å². The average Bonchev–Trinajstić information content (AvgIpc) is 2.72. The number of hydrogen-bond donors (Lipinski definition) is 1. The fourth-order valence-electron chi connectivity index (χ4n) is 3.09. The highest BCUT2D eigenvalue weighted by Crippen LogP contribution is 2.30. The van der Waals surface area contributed by atoms with E-state index in [2.05, 4.69) is 15.2 Å². The van der Waals surface area contributed by atoms with Crippen LogP contribution in [0.3, 0.4) is 0 Å². The van der Waals surface area contributed by atoms with Crippen LogP contribution in [0.2, 0.25) is 0 Å². The van der Waals surface area contributed by atoms with Gasteiger partial charge in [-0.3, -0.25) is 4.99 Å². The summed E-state index contributed by atoms with van der Waals surface area (Å²) in [6.07, 6.45) is -1.29. The van der Waals surface area contributed by atoms with Crippen LogP contribution in [-0.4, -0.2) is 70.6 Å². The number of hydrogen-bond acceptors (Lipinski definition) is 4. The molecule has 1 fully saturated rings. The molecule has 1 saturated heterocycles. The summed E-state index contributed by atoms with van der Waals surface area (Å²) < 4.78 is 54.1. The number of aliphatic imine (C=N–C) groups is 1. The van der Waals surface area contributed by atoms with E-state index in [1.165, 1.54) is 12.1 Å². The van der Waals surface area contributed by atoms with Crippen LogP contribution in [0.25, 0.3) is 0 Å². The quantitative estimate of drug-likeness (QED) is 0.380. The number of benzene rings is 1. The summed E-state index contributed by atoms with van der Waals surface area (Å²) in [5.41, 5.74) is -0.686. The highest BCUT2D eigenvalue weighted by molar-refractivity contribution is 5.79. The van der Waals surface area contributed by atoms with Gasteiger partial charge in [0.15, 0.2) is 5.96 Å². The third kappa shape index (κ3) is 8.10. The van der Waals surface area contributed by atoms with Crippen LogP contribution >= 0.6 is 0 Å². The number of nitrogens with zero attached hydrogens (tertiary/aromatic N) is 2. The first-order chi connectivity index (χ1) is 13.9. The van der Waals surface area contributed by atoms with Gasteiger partial charge in [-0.2, -0.15) is 13.2 Å². The van der Waals surface area contributed by atoms with Crippen molar-refractivity contribution in [3.8, 4) is 5.75 Å². The maximum Gasteiger partial charge on any atom is 0.416 e. The van der Waals surface area contributed by atoms with E-state index in [0.717, 1.165) is 50.4 Å². The maximum atomic E-state index is 12.6. The topological polar surface area (TPSA) is 55.3 Å². The second-order valence-electron chi connectivity index (χ2n) is 6.75. The molecule has 1 heterocycles. The molecule has 2 rings (SSSR count). The number of piperidine rings is 1. The summed E-state index contributed by atoms with van der Waals surface area (Å²) >= 11 is 0. The zero-order valence-corrected chi connectivity index (χ0v) is 17.0. The molecule has 29 heavy (non-hydrogen) atoms. The van der Waals surface area contributed by atoms with Crippen LogP contribution in [0.4, 0.5) is 13.2 Å². The van der Waals surface area contributed by atoms with Gasteiger partial charge in [-0.05, 0) is 43.5 Å². The molecule has 1 N–H and O–H groups in total. The Hall–Kier alpha value is -2.00. The Balaban J connectivity index is 1.65. The lowest BCUT2D eigenvalue weighted by Gasteiger charge is -2.34. The van der Waals surface area contributed by atoms with Crippen molar-refractivity contribution in [1.82, 2.24) is 10.2 Å². The van der Waals surface area contributed by atoms with Gasteiger partial charge in [-0.15, -0.1) is 0 Å². The Labute approximate surface area is 170 Å². The van der Waals surface area contributed by atoms with Crippen molar-refractivity contribution in [2.24, 2.45) is 4.99 Å². The van der Waals surface area contributed by atoms with Gasteiger partial charge in [-0.1, -0.05) is 0 Å². The van der Waals surface area contributed by atoms with Crippen molar-refractivity contribution in [2.45, 2.75) is 31.5 Å². The number of guanidine groups is 1. The first kappa shape index (κ1) is 23.3. The third-order valence-corrected chi connectivity index (χ3v) is 4.64. The van der Waals surface area contributed by atoms with E-state index in [1.807, 2.05) is 0 Å². The van der Waals surface area contributed by atoms with Crippen LogP contribution < -0.4 is 10.1 Å². The van der Waals surface area contributed by atoms with Crippen molar-refractivity contribution in [1.29, 1.82) is 0 Å². The summed E-state index contributed by atoms with van der Waals surface area (Å²) in [5.74, 6) is 1.19. The number of methoxy groups -OCH3 is 1. The summed E-state index contributed by atoms with van der Waals surface area (Å²) in [6, 6.07) is 4.69. The van der Waals surface area contributed by atoms with Crippen molar-refractivity contribution in [3.63, 3.8) is 0 Å². The van der Waals surface area contributed by atoms with Crippen molar-refractivity contribution in [3.05, 3.63) is 29.8 Å². The van der Waals surface area contributed by atoms with E-state index in [-0.39, 0.29) is 6.10 Å². The molecule has 0 bridgehead atoms. The van der Waals surface area contributed by atoms with E-state index in [4.69, 9.17) is 14.2 Å². The largest absolute Gasteiger partial charge is 0.492 e. The predicted octanol–water partition coefficient (Wildman–Crippen LogP) is 3.18. The van der Waals surface area contributed by atoms with E-state index in [1.54, 1.807) is 14.2 Å². The van der Waals surface area contributed by atoms with Gasteiger partial charge in [0.05, 0.1) is 18.2 Å². The minimum Gasteiger partial charge on any atom is -0.492 e. The fourth-order valence-corrected chi connectivity index (χ4v) is 3.09. The fraction of sp³-hybridized carbons (Fsp3) is 0.650. The van der Waals surface area contributed by atoms with Gasteiger partial charge in [0.25, 0.3) is 0 Å². The molecule has 6 nitrogen and oxygen atoms in total. The molecule has 0 radical (unpaired) electrons. The first-order valence-electron chi connectivity index (χ1n) is 9.80. The van der Waals surface area contributed by atoms with Crippen molar-refractivity contribution >= 4 is 5.96 Å². The zero-order valence-electron chi connectivity index (χ0n) is 17.0. The lowest BCUT2D eigenvalue weighted by molar-refractivity contribution is -0.137. The minimum atomic E-state index is -4.34. The number of rotatable bonds is 9. The van der Waals surface area contributed by atoms with Gasteiger partial charge in [0, 0.05) is 40.5 Å². The molecule has 1 aromatic rings. The van der Waals surface area contributed by atoms with Crippen LogP contribution in [0.15, 0.2) is 29.3 Å². The van der Waals surface area contributed by atoms with Gasteiger partial charge in [-0.25, -0.2) is 0 Å². The second kappa shape index (κ2) is 11.9. The zero-order chi connectivity index (χ0) is 21.1. The summed E-state index contributed by atoms with van der Waals surface area (Å²) in [5, 5.41) is 3.23. The van der Waals surface area contributed by atoms with Gasteiger partial charge in [0.2, 0.25) is 0 Å². The molecule has 0 atom stereocenters. The van der Waals surface area contributed by atoms with Gasteiger partial charge in [0.1, 0.15) is 12.4 Å². The molecule has 0 spiro atoms. The first-order valence-corrected chi connectivity index (χ1v) is 9.80. The number of alkyl halides is 3. The molecule has 164 valence electrons. The Bertz CT molecular complexity index is 616. The summed E-state index contributed by atoms with van der Waals surface area (Å²) in [4.78, 5) is 6.47. The lowest BCUT2D eigenvalue weighted by atomic mass is 10.1. The summed E-state index contributed by atoms with van der Waals surface area (Å²) in [7, 11) is 3.41. The number of halogens is 3. The highest BCUT2D eigenvalue weighted by Gasteiger charge is 2.30. The molecule has 1 aromatic carbocycles. The van der Waals surface area contributed by atoms with Crippen molar-refractivity contribution in [2.75, 3.05) is 53.6 Å². The Kier molecular flexibility index (Phi) is 9.53. The van der Waals surface area contributed by atoms with Crippen LogP contribution in [-0.2, 0) is 15.7 Å². The molecule has 0 saturated carbocycles. The highest BCUT2D eigenvalue weighted by atomic mass is 19.4. The SMILES string of the molecule is CN=C(NCCOc1ccc(C(F)(F)F)cc1)N1CCC(OCCCOC)CC1.